The fourth-order valence-electron chi connectivity index (χ4n) is 1.85. The molecule has 0 amide bonds. The van der Waals surface area contributed by atoms with Crippen LogP contribution in [0.5, 0.6) is 5.75 Å². The highest BCUT2D eigenvalue weighted by Crippen LogP contribution is 2.27. The molecule has 0 aliphatic carbocycles. The number of hydrogen-bond donors (Lipinski definition) is 0. The third kappa shape index (κ3) is 4.36. The van der Waals surface area contributed by atoms with Crippen molar-refractivity contribution in [3.8, 4) is 5.75 Å². The monoisotopic (exact) mass is 316 g/mol. The van der Waals surface area contributed by atoms with E-state index in [4.69, 9.17) is 23.2 Å². The Kier molecular flexibility index (Phi) is 5.21. The van der Waals surface area contributed by atoms with Crippen LogP contribution < -0.4 is 4.74 Å². The third-order valence-electron chi connectivity index (χ3n) is 2.77. The Balaban J connectivity index is 2.03. The van der Waals surface area contributed by atoms with Crippen LogP contribution in [0.25, 0.3) is 0 Å². The highest BCUT2D eigenvalue weighted by Gasteiger charge is 2.10. The van der Waals surface area contributed by atoms with Gasteiger partial charge in [0.1, 0.15) is 5.75 Å². The molecular weight excluding hydrogens is 305 g/mol. The van der Waals surface area contributed by atoms with Crippen molar-refractivity contribution in [1.29, 1.82) is 0 Å². The number of benzene rings is 2. The molecule has 1 nitrogen and oxygen atoms in total. The minimum Gasteiger partial charge on any atom is -0.435 e. The molecular formula is C15H12Cl2F2O. The van der Waals surface area contributed by atoms with Crippen molar-refractivity contribution in [2.75, 3.05) is 0 Å². The van der Waals surface area contributed by atoms with Gasteiger partial charge in [0.25, 0.3) is 0 Å². The van der Waals surface area contributed by atoms with Gasteiger partial charge in [0, 0.05) is 5.02 Å². The van der Waals surface area contributed by atoms with Crippen LogP contribution in [0.1, 0.15) is 16.5 Å². The van der Waals surface area contributed by atoms with Crippen molar-refractivity contribution in [3.63, 3.8) is 0 Å². The van der Waals surface area contributed by atoms with E-state index < -0.39 is 6.61 Å². The predicted octanol–water partition coefficient (Wildman–Crippen LogP) is 5.46. The maximum absolute atomic E-state index is 12.0. The maximum atomic E-state index is 12.0. The van der Waals surface area contributed by atoms with Gasteiger partial charge in [0.05, 0.1) is 5.38 Å². The van der Waals surface area contributed by atoms with E-state index >= 15 is 0 Å². The van der Waals surface area contributed by atoms with Crippen molar-refractivity contribution < 1.29 is 13.5 Å². The second-order valence-corrected chi connectivity index (χ2v) is 5.21. The lowest BCUT2D eigenvalue weighted by Gasteiger charge is -2.11. The minimum atomic E-state index is -2.82. The molecule has 0 spiro atoms. The summed E-state index contributed by atoms with van der Waals surface area (Å²) in [6, 6.07) is 13.8. The average Bonchev–Trinajstić information content (AvgIpc) is 2.38. The van der Waals surface area contributed by atoms with E-state index in [0.29, 0.717) is 11.4 Å². The Morgan fingerprint density at radius 1 is 1.05 bits per heavy atom. The van der Waals surface area contributed by atoms with Gasteiger partial charge in [0.2, 0.25) is 0 Å². The number of ether oxygens (including phenoxy) is 1. The molecule has 1 atom stereocenters. The second-order valence-electron chi connectivity index (χ2n) is 4.25. The predicted molar refractivity (Wildman–Crippen MR) is 76.8 cm³/mol. The van der Waals surface area contributed by atoms with Crippen molar-refractivity contribution in [2.24, 2.45) is 0 Å². The molecule has 0 heterocycles. The Labute approximate surface area is 126 Å². The summed E-state index contributed by atoms with van der Waals surface area (Å²) in [6.45, 7) is -2.82. The standard InChI is InChI=1S/C15H12Cl2F2O/c16-12-3-1-2-10(8-12)9-14(17)11-4-6-13(7-5-11)20-15(18)19/h1-8,14-15H,9H2. The molecule has 2 rings (SSSR count). The first kappa shape index (κ1) is 15.1. The van der Waals surface area contributed by atoms with E-state index in [1.165, 1.54) is 12.1 Å². The quantitative estimate of drug-likeness (QED) is 0.665. The fourth-order valence-corrected chi connectivity index (χ4v) is 2.38. The lowest BCUT2D eigenvalue weighted by atomic mass is 10.0. The molecule has 0 aliphatic heterocycles. The second kappa shape index (κ2) is 6.91. The normalized spacial score (nSPS) is 12.4. The number of hydrogen-bond acceptors (Lipinski definition) is 1. The molecule has 0 fully saturated rings. The van der Waals surface area contributed by atoms with E-state index in [2.05, 4.69) is 4.74 Å². The van der Waals surface area contributed by atoms with E-state index in [1.54, 1.807) is 18.2 Å². The average molecular weight is 317 g/mol. The van der Waals surface area contributed by atoms with Gasteiger partial charge in [-0.15, -0.1) is 11.6 Å². The largest absolute Gasteiger partial charge is 0.435 e. The molecule has 0 bridgehead atoms. The van der Waals surface area contributed by atoms with Crippen LogP contribution in [0.2, 0.25) is 5.02 Å². The van der Waals surface area contributed by atoms with E-state index in [1.807, 2.05) is 18.2 Å². The summed E-state index contributed by atoms with van der Waals surface area (Å²) in [5.74, 6) is 0.121. The summed E-state index contributed by atoms with van der Waals surface area (Å²) < 4.78 is 28.4. The topological polar surface area (TPSA) is 9.23 Å². The molecule has 0 N–H and O–H groups in total. The van der Waals surface area contributed by atoms with Gasteiger partial charge in [0.15, 0.2) is 0 Å². The Morgan fingerprint density at radius 2 is 1.75 bits per heavy atom. The fraction of sp³-hybridized carbons (Fsp3) is 0.200. The Bertz CT molecular complexity index is 558. The summed E-state index contributed by atoms with van der Waals surface area (Å²) in [4.78, 5) is 0. The molecule has 0 aromatic heterocycles. The van der Waals surface area contributed by atoms with Gasteiger partial charge in [-0.25, -0.2) is 0 Å². The molecule has 20 heavy (non-hydrogen) atoms. The summed E-state index contributed by atoms with van der Waals surface area (Å²) in [5.41, 5.74) is 1.86. The highest BCUT2D eigenvalue weighted by atomic mass is 35.5. The van der Waals surface area contributed by atoms with Crippen LogP contribution in [0.3, 0.4) is 0 Å². The molecule has 2 aromatic carbocycles. The highest BCUT2D eigenvalue weighted by molar-refractivity contribution is 6.30. The number of rotatable bonds is 5. The molecule has 2 aromatic rings. The molecule has 1 unspecified atom stereocenters. The Morgan fingerprint density at radius 3 is 2.35 bits per heavy atom. The Hall–Kier alpha value is -1.32. The molecule has 106 valence electrons. The van der Waals surface area contributed by atoms with Crippen molar-refractivity contribution >= 4 is 23.2 Å². The first-order valence-electron chi connectivity index (χ1n) is 5.98. The summed E-state index contributed by atoms with van der Waals surface area (Å²) >= 11 is 12.2. The van der Waals surface area contributed by atoms with Gasteiger partial charge >= 0.3 is 6.61 Å². The van der Waals surface area contributed by atoms with Crippen LogP contribution in [0.4, 0.5) is 8.78 Å². The molecule has 0 saturated heterocycles. The SMILES string of the molecule is FC(F)Oc1ccc(C(Cl)Cc2cccc(Cl)c2)cc1. The molecule has 0 radical (unpaired) electrons. The zero-order valence-corrected chi connectivity index (χ0v) is 11.9. The van der Waals surface area contributed by atoms with Gasteiger partial charge in [-0.05, 0) is 41.8 Å². The zero-order chi connectivity index (χ0) is 14.5. The number of halogens is 4. The molecule has 5 heteroatoms. The minimum absolute atomic E-state index is 0.121. The summed E-state index contributed by atoms with van der Waals surface area (Å²) in [5, 5.41) is 0.404. The summed E-state index contributed by atoms with van der Waals surface area (Å²) in [6.07, 6.45) is 0.608. The van der Waals surface area contributed by atoms with Gasteiger partial charge in [-0.2, -0.15) is 8.78 Å². The van der Waals surface area contributed by atoms with E-state index in [-0.39, 0.29) is 11.1 Å². The van der Waals surface area contributed by atoms with Crippen LogP contribution in [0, 0.1) is 0 Å². The van der Waals surface area contributed by atoms with Crippen molar-refractivity contribution in [3.05, 3.63) is 64.7 Å². The van der Waals surface area contributed by atoms with Crippen LogP contribution in [-0.4, -0.2) is 6.61 Å². The van der Waals surface area contributed by atoms with Crippen molar-refractivity contribution in [1.82, 2.24) is 0 Å². The van der Waals surface area contributed by atoms with Gasteiger partial charge < -0.3 is 4.74 Å². The van der Waals surface area contributed by atoms with Gasteiger partial charge in [-0.1, -0.05) is 35.9 Å². The van der Waals surface area contributed by atoms with Gasteiger partial charge in [-0.3, -0.25) is 0 Å². The molecule has 0 aliphatic rings. The smallest absolute Gasteiger partial charge is 0.387 e. The van der Waals surface area contributed by atoms with Crippen molar-refractivity contribution in [2.45, 2.75) is 18.4 Å². The lowest BCUT2D eigenvalue weighted by molar-refractivity contribution is -0.0498. The number of alkyl halides is 3. The van der Waals surface area contributed by atoms with E-state index in [9.17, 15) is 8.78 Å². The summed E-state index contributed by atoms with van der Waals surface area (Å²) in [7, 11) is 0. The first-order chi connectivity index (χ1) is 9.54. The third-order valence-corrected chi connectivity index (χ3v) is 3.41. The van der Waals surface area contributed by atoms with E-state index in [0.717, 1.165) is 11.1 Å². The first-order valence-corrected chi connectivity index (χ1v) is 6.79. The molecule has 0 saturated carbocycles. The van der Waals surface area contributed by atoms with Crippen LogP contribution in [0.15, 0.2) is 48.5 Å². The maximum Gasteiger partial charge on any atom is 0.387 e. The zero-order valence-electron chi connectivity index (χ0n) is 10.4. The lowest BCUT2D eigenvalue weighted by Crippen LogP contribution is -2.02. The van der Waals surface area contributed by atoms with Crippen LogP contribution in [-0.2, 0) is 6.42 Å². The van der Waals surface area contributed by atoms with Crippen LogP contribution >= 0.6 is 23.2 Å².